The molecule has 17 heavy (non-hydrogen) atoms. The minimum atomic E-state index is -0.925. The van der Waals surface area contributed by atoms with Gasteiger partial charge in [0.2, 0.25) is 0 Å². The molecule has 0 fully saturated rings. The van der Waals surface area contributed by atoms with Crippen LogP contribution in [0.15, 0.2) is 29.4 Å². The topological polar surface area (TPSA) is 61.7 Å². The van der Waals surface area contributed by atoms with Crippen molar-refractivity contribution in [3.63, 3.8) is 0 Å². The van der Waals surface area contributed by atoms with Crippen LogP contribution in [-0.2, 0) is 0 Å². The second kappa shape index (κ2) is 4.99. The highest BCUT2D eigenvalue weighted by molar-refractivity contribution is 5.88. The van der Waals surface area contributed by atoms with Gasteiger partial charge in [-0.1, -0.05) is 20.8 Å². The second-order valence-electron chi connectivity index (χ2n) is 4.94. The maximum Gasteiger partial charge on any atom is 0.335 e. The van der Waals surface area contributed by atoms with Gasteiger partial charge in [-0.15, -0.1) is 0 Å². The van der Waals surface area contributed by atoms with Gasteiger partial charge >= 0.3 is 5.97 Å². The van der Waals surface area contributed by atoms with Crippen molar-refractivity contribution in [2.24, 2.45) is 10.5 Å². The van der Waals surface area contributed by atoms with Crippen molar-refractivity contribution in [1.29, 1.82) is 0 Å². The number of carboxylic acid groups (broad SMARTS) is 1. The SMILES string of the molecule is CC(=NNc1ccc(C(=O)O)cc1)C(C)(C)C. The third kappa shape index (κ3) is 3.90. The van der Waals surface area contributed by atoms with Crippen LogP contribution in [0.1, 0.15) is 38.1 Å². The fraction of sp³-hybridized carbons (Fsp3) is 0.385. The number of hydrazone groups is 1. The fourth-order valence-corrected chi connectivity index (χ4v) is 1.00. The summed E-state index contributed by atoms with van der Waals surface area (Å²) in [5.74, 6) is -0.925. The standard InChI is InChI=1S/C13H18N2O2/c1-9(13(2,3)4)14-15-11-7-5-10(6-8-11)12(16)17/h5-8,15H,1-4H3,(H,16,17). The van der Waals surface area contributed by atoms with Crippen LogP contribution in [0.4, 0.5) is 5.69 Å². The Bertz CT molecular complexity index is 428. The molecule has 1 rings (SSSR count). The van der Waals surface area contributed by atoms with E-state index >= 15 is 0 Å². The average molecular weight is 234 g/mol. The third-order valence-electron chi connectivity index (χ3n) is 2.57. The van der Waals surface area contributed by atoms with Crippen LogP contribution in [0, 0.1) is 5.41 Å². The second-order valence-corrected chi connectivity index (χ2v) is 4.94. The van der Waals surface area contributed by atoms with Gasteiger partial charge in [0.25, 0.3) is 0 Å². The van der Waals surface area contributed by atoms with E-state index in [2.05, 4.69) is 31.3 Å². The van der Waals surface area contributed by atoms with Crippen LogP contribution in [0.5, 0.6) is 0 Å². The Morgan fingerprint density at radius 2 is 1.76 bits per heavy atom. The van der Waals surface area contributed by atoms with E-state index in [-0.39, 0.29) is 11.0 Å². The zero-order chi connectivity index (χ0) is 13.1. The Morgan fingerprint density at radius 1 is 1.24 bits per heavy atom. The van der Waals surface area contributed by atoms with E-state index in [0.717, 1.165) is 11.4 Å². The van der Waals surface area contributed by atoms with Gasteiger partial charge in [0.05, 0.1) is 11.3 Å². The molecule has 0 spiro atoms. The van der Waals surface area contributed by atoms with Crippen LogP contribution in [-0.4, -0.2) is 16.8 Å². The number of hydrogen-bond donors (Lipinski definition) is 2. The molecule has 0 saturated carbocycles. The van der Waals surface area contributed by atoms with Crippen molar-refractivity contribution in [3.8, 4) is 0 Å². The van der Waals surface area contributed by atoms with Crippen LogP contribution < -0.4 is 5.43 Å². The Balaban J connectivity index is 2.74. The number of nitrogens with one attached hydrogen (secondary N) is 1. The summed E-state index contributed by atoms with van der Waals surface area (Å²) in [6.45, 7) is 8.21. The highest BCUT2D eigenvalue weighted by Gasteiger charge is 2.13. The number of rotatable bonds is 3. The first-order valence-corrected chi connectivity index (χ1v) is 5.45. The predicted molar refractivity (Wildman–Crippen MR) is 69.6 cm³/mol. The Hall–Kier alpha value is -1.84. The lowest BCUT2D eigenvalue weighted by atomic mass is 9.91. The summed E-state index contributed by atoms with van der Waals surface area (Å²) >= 11 is 0. The normalized spacial score (nSPS) is 12.4. The molecule has 0 radical (unpaired) electrons. The quantitative estimate of drug-likeness (QED) is 0.623. The van der Waals surface area contributed by atoms with Crippen molar-refractivity contribution in [2.75, 3.05) is 5.43 Å². The van der Waals surface area contributed by atoms with Crippen LogP contribution in [0.2, 0.25) is 0 Å². The first-order valence-electron chi connectivity index (χ1n) is 5.45. The third-order valence-corrected chi connectivity index (χ3v) is 2.57. The number of benzene rings is 1. The van der Waals surface area contributed by atoms with E-state index in [1.165, 1.54) is 0 Å². The summed E-state index contributed by atoms with van der Waals surface area (Å²) in [7, 11) is 0. The zero-order valence-electron chi connectivity index (χ0n) is 10.6. The molecule has 0 bridgehead atoms. The molecule has 0 aliphatic rings. The predicted octanol–water partition coefficient (Wildman–Crippen LogP) is 3.22. The molecule has 1 aromatic carbocycles. The van der Waals surface area contributed by atoms with Gasteiger partial charge in [-0.05, 0) is 31.2 Å². The molecule has 0 aromatic heterocycles. The van der Waals surface area contributed by atoms with E-state index in [0.29, 0.717) is 0 Å². The van der Waals surface area contributed by atoms with E-state index in [4.69, 9.17) is 5.11 Å². The fourth-order valence-electron chi connectivity index (χ4n) is 1.00. The number of hydrogen-bond acceptors (Lipinski definition) is 3. The summed E-state index contributed by atoms with van der Waals surface area (Å²) < 4.78 is 0. The van der Waals surface area contributed by atoms with E-state index < -0.39 is 5.97 Å². The molecular formula is C13H18N2O2. The first kappa shape index (κ1) is 13.2. The van der Waals surface area contributed by atoms with Gasteiger partial charge in [-0.2, -0.15) is 5.10 Å². The molecule has 92 valence electrons. The van der Waals surface area contributed by atoms with Crippen LogP contribution in [0.3, 0.4) is 0 Å². The molecule has 0 amide bonds. The molecule has 2 N–H and O–H groups in total. The van der Waals surface area contributed by atoms with Crippen LogP contribution in [0.25, 0.3) is 0 Å². The van der Waals surface area contributed by atoms with Gasteiger partial charge < -0.3 is 5.11 Å². The number of anilines is 1. The minimum absolute atomic E-state index is 0.0218. The first-order chi connectivity index (χ1) is 7.80. The number of carbonyl (C=O) groups is 1. The van der Waals surface area contributed by atoms with E-state index in [1.54, 1.807) is 24.3 Å². The van der Waals surface area contributed by atoms with Crippen molar-refractivity contribution >= 4 is 17.4 Å². The molecule has 1 aromatic rings. The van der Waals surface area contributed by atoms with Crippen LogP contribution >= 0.6 is 0 Å². The Morgan fingerprint density at radius 3 is 2.18 bits per heavy atom. The number of aromatic carboxylic acids is 1. The van der Waals surface area contributed by atoms with Crippen molar-refractivity contribution in [1.82, 2.24) is 0 Å². The lowest BCUT2D eigenvalue weighted by molar-refractivity contribution is 0.0697. The molecule has 0 atom stereocenters. The maximum absolute atomic E-state index is 10.7. The Kier molecular flexibility index (Phi) is 3.89. The molecule has 0 aliphatic heterocycles. The molecule has 4 nitrogen and oxygen atoms in total. The zero-order valence-corrected chi connectivity index (χ0v) is 10.6. The minimum Gasteiger partial charge on any atom is -0.478 e. The van der Waals surface area contributed by atoms with E-state index in [9.17, 15) is 4.79 Å². The van der Waals surface area contributed by atoms with E-state index in [1.807, 2.05) is 6.92 Å². The Labute approximate surface area is 101 Å². The monoisotopic (exact) mass is 234 g/mol. The molecule has 0 aliphatic carbocycles. The van der Waals surface area contributed by atoms with Crippen molar-refractivity contribution < 1.29 is 9.90 Å². The van der Waals surface area contributed by atoms with Gasteiger partial charge in [-0.25, -0.2) is 4.79 Å². The van der Waals surface area contributed by atoms with Crippen molar-refractivity contribution in [3.05, 3.63) is 29.8 Å². The number of carboxylic acids is 1. The smallest absolute Gasteiger partial charge is 0.335 e. The average Bonchev–Trinajstić information content (AvgIpc) is 2.25. The summed E-state index contributed by atoms with van der Waals surface area (Å²) in [4.78, 5) is 10.7. The van der Waals surface area contributed by atoms with Gasteiger partial charge in [0.15, 0.2) is 0 Å². The lowest BCUT2D eigenvalue weighted by Gasteiger charge is -2.17. The lowest BCUT2D eigenvalue weighted by Crippen LogP contribution is -2.18. The largest absolute Gasteiger partial charge is 0.478 e. The maximum atomic E-state index is 10.7. The summed E-state index contributed by atoms with van der Waals surface area (Å²) in [6.07, 6.45) is 0. The summed E-state index contributed by atoms with van der Waals surface area (Å²) in [5.41, 5.74) is 4.97. The summed E-state index contributed by atoms with van der Waals surface area (Å²) in [5, 5.41) is 13.0. The molecular weight excluding hydrogens is 216 g/mol. The highest BCUT2D eigenvalue weighted by atomic mass is 16.4. The molecule has 4 heteroatoms. The van der Waals surface area contributed by atoms with Crippen molar-refractivity contribution in [2.45, 2.75) is 27.7 Å². The number of nitrogens with zero attached hydrogens (tertiary/aromatic N) is 1. The molecule has 0 unspecified atom stereocenters. The van der Waals surface area contributed by atoms with Gasteiger partial charge in [0.1, 0.15) is 0 Å². The highest BCUT2D eigenvalue weighted by Crippen LogP contribution is 2.16. The molecule has 0 saturated heterocycles. The van der Waals surface area contributed by atoms with Gasteiger partial charge in [-0.3, -0.25) is 5.43 Å². The van der Waals surface area contributed by atoms with Gasteiger partial charge in [0, 0.05) is 11.1 Å². The molecule has 0 heterocycles. The summed E-state index contributed by atoms with van der Waals surface area (Å²) in [6, 6.07) is 6.49.